The lowest BCUT2D eigenvalue weighted by Crippen LogP contribution is -2.38. The van der Waals surface area contributed by atoms with Crippen molar-refractivity contribution < 1.29 is 14.3 Å². The number of hydrogen-bond donors (Lipinski definition) is 0. The van der Waals surface area contributed by atoms with Crippen LogP contribution in [-0.4, -0.2) is 55.0 Å². The van der Waals surface area contributed by atoms with Crippen molar-refractivity contribution in [3.8, 4) is 0 Å². The summed E-state index contributed by atoms with van der Waals surface area (Å²) in [4.78, 5) is 27.3. The van der Waals surface area contributed by atoms with Gasteiger partial charge in [0, 0.05) is 18.8 Å². The van der Waals surface area contributed by atoms with Crippen LogP contribution in [0.25, 0.3) is 0 Å². The second kappa shape index (κ2) is 8.74. The summed E-state index contributed by atoms with van der Waals surface area (Å²) in [5, 5.41) is 0. The highest BCUT2D eigenvalue weighted by Crippen LogP contribution is 2.21. The number of hydrogen-bond acceptors (Lipinski definition) is 4. The van der Waals surface area contributed by atoms with E-state index in [2.05, 4.69) is 6.08 Å². The summed E-state index contributed by atoms with van der Waals surface area (Å²) < 4.78 is 4.88. The molecule has 0 saturated carbocycles. The van der Waals surface area contributed by atoms with Gasteiger partial charge in [-0.2, -0.15) is 0 Å². The van der Waals surface area contributed by atoms with Gasteiger partial charge in [-0.15, -0.1) is 0 Å². The van der Waals surface area contributed by atoms with Crippen LogP contribution in [0.4, 0.5) is 0 Å². The molecule has 0 unspecified atom stereocenters. The molecule has 114 valence electrons. The lowest BCUT2D eigenvalue weighted by molar-refractivity contribution is -0.143. The number of nitrogens with zero attached hydrogens (tertiary/aromatic N) is 2. The molecule has 1 amide bonds. The van der Waals surface area contributed by atoms with Gasteiger partial charge in [0.15, 0.2) is 0 Å². The molecule has 0 fully saturated rings. The Morgan fingerprint density at radius 2 is 2.10 bits per heavy atom. The van der Waals surface area contributed by atoms with E-state index in [1.807, 2.05) is 23.8 Å². The molecule has 0 aromatic carbocycles. The molecular weight excluding hydrogens is 256 g/mol. The van der Waals surface area contributed by atoms with Gasteiger partial charge in [-0.05, 0) is 40.2 Å². The summed E-state index contributed by atoms with van der Waals surface area (Å²) in [7, 11) is 1.86. The molecule has 0 aromatic heterocycles. The molecule has 0 bridgehead atoms. The molecule has 5 nitrogen and oxygen atoms in total. The number of ether oxygens (including phenoxy) is 1. The first-order valence-corrected chi connectivity index (χ1v) is 7.42. The molecule has 0 spiro atoms. The third-order valence-corrected chi connectivity index (χ3v) is 3.39. The summed E-state index contributed by atoms with van der Waals surface area (Å²) >= 11 is 0. The lowest BCUT2D eigenvalue weighted by Gasteiger charge is -2.25. The van der Waals surface area contributed by atoms with Crippen LogP contribution in [0.1, 0.15) is 39.5 Å². The zero-order valence-corrected chi connectivity index (χ0v) is 12.9. The van der Waals surface area contributed by atoms with E-state index in [1.54, 1.807) is 6.92 Å². The van der Waals surface area contributed by atoms with Crippen molar-refractivity contribution in [2.24, 2.45) is 0 Å². The van der Waals surface area contributed by atoms with Crippen molar-refractivity contribution in [3.63, 3.8) is 0 Å². The summed E-state index contributed by atoms with van der Waals surface area (Å²) in [6.07, 6.45) is 5.67. The van der Waals surface area contributed by atoms with Gasteiger partial charge >= 0.3 is 5.97 Å². The zero-order valence-electron chi connectivity index (χ0n) is 12.9. The Balaban J connectivity index is 2.37. The maximum atomic E-state index is 12.3. The van der Waals surface area contributed by atoms with Crippen LogP contribution in [0, 0.1) is 0 Å². The van der Waals surface area contributed by atoms with E-state index < -0.39 is 0 Å². The predicted molar refractivity (Wildman–Crippen MR) is 78.1 cm³/mol. The van der Waals surface area contributed by atoms with Crippen LogP contribution in [-0.2, 0) is 14.3 Å². The molecule has 1 aliphatic rings. The molecule has 0 N–H and O–H groups in total. The van der Waals surface area contributed by atoms with Gasteiger partial charge in [-0.1, -0.05) is 6.08 Å². The van der Waals surface area contributed by atoms with Crippen molar-refractivity contribution in [2.75, 3.05) is 33.3 Å². The van der Waals surface area contributed by atoms with E-state index in [-0.39, 0.29) is 11.9 Å². The number of allylic oxidation sites excluding steroid dienone is 2. The maximum absolute atomic E-state index is 12.3. The molecule has 5 heteroatoms. The Labute approximate surface area is 121 Å². The second-order valence-corrected chi connectivity index (χ2v) is 5.02. The Kier molecular flexibility index (Phi) is 7.30. The minimum Gasteiger partial charge on any atom is -0.466 e. The Morgan fingerprint density at radius 3 is 2.65 bits per heavy atom. The van der Waals surface area contributed by atoms with E-state index in [0.29, 0.717) is 32.7 Å². The number of rotatable bonds is 8. The normalized spacial score (nSPS) is 14.3. The van der Waals surface area contributed by atoms with Crippen LogP contribution in [0.15, 0.2) is 11.8 Å². The highest BCUT2D eigenvalue weighted by Gasteiger charge is 2.19. The standard InChI is InChI=1S/C15H26N2O3/c1-4-17(13-8-6-7-9-13)14(18)12-16(3)11-10-15(19)20-5-2/h8H,4-7,9-12H2,1-3H3. The Hall–Kier alpha value is -1.36. The minimum atomic E-state index is -0.211. The molecule has 0 saturated heterocycles. The van der Waals surface area contributed by atoms with Gasteiger partial charge < -0.3 is 9.64 Å². The molecule has 1 rings (SSSR count). The van der Waals surface area contributed by atoms with Gasteiger partial charge in [-0.25, -0.2) is 0 Å². The summed E-state index contributed by atoms with van der Waals surface area (Å²) in [6, 6.07) is 0. The van der Waals surface area contributed by atoms with Crippen molar-refractivity contribution in [1.82, 2.24) is 9.80 Å². The van der Waals surface area contributed by atoms with Crippen molar-refractivity contribution in [1.29, 1.82) is 0 Å². The second-order valence-electron chi connectivity index (χ2n) is 5.02. The number of likely N-dealkylation sites (N-methyl/N-ethyl adjacent to an activating group) is 2. The van der Waals surface area contributed by atoms with E-state index >= 15 is 0 Å². The van der Waals surface area contributed by atoms with Gasteiger partial charge in [0.25, 0.3) is 0 Å². The first-order valence-electron chi connectivity index (χ1n) is 7.42. The quantitative estimate of drug-likeness (QED) is 0.637. The number of carbonyl (C=O) groups excluding carboxylic acids is 2. The molecule has 0 aromatic rings. The molecular formula is C15H26N2O3. The van der Waals surface area contributed by atoms with E-state index in [4.69, 9.17) is 4.74 Å². The first-order chi connectivity index (χ1) is 9.58. The molecule has 0 radical (unpaired) electrons. The number of amides is 1. The van der Waals surface area contributed by atoms with Crippen molar-refractivity contribution in [3.05, 3.63) is 11.8 Å². The molecule has 0 atom stereocenters. The smallest absolute Gasteiger partial charge is 0.307 e. The monoisotopic (exact) mass is 282 g/mol. The van der Waals surface area contributed by atoms with Crippen LogP contribution < -0.4 is 0 Å². The van der Waals surface area contributed by atoms with Gasteiger partial charge in [-0.3, -0.25) is 14.5 Å². The average molecular weight is 282 g/mol. The molecule has 1 aliphatic carbocycles. The summed E-state index contributed by atoms with van der Waals surface area (Å²) in [5.74, 6) is -0.107. The summed E-state index contributed by atoms with van der Waals surface area (Å²) in [5.41, 5.74) is 1.15. The molecule has 20 heavy (non-hydrogen) atoms. The third-order valence-electron chi connectivity index (χ3n) is 3.39. The van der Waals surface area contributed by atoms with Crippen molar-refractivity contribution >= 4 is 11.9 Å². The topological polar surface area (TPSA) is 49.9 Å². The largest absolute Gasteiger partial charge is 0.466 e. The Morgan fingerprint density at radius 1 is 1.35 bits per heavy atom. The van der Waals surface area contributed by atoms with E-state index in [9.17, 15) is 9.59 Å². The lowest BCUT2D eigenvalue weighted by atomic mass is 10.3. The van der Waals surface area contributed by atoms with Crippen LogP contribution in [0.5, 0.6) is 0 Å². The zero-order chi connectivity index (χ0) is 15.0. The fourth-order valence-corrected chi connectivity index (χ4v) is 2.35. The van der Waals surface area contributed by atoms with E-state index in [0.717, 1.165) is 25.0 Å². The number of esters is 1. The van der Waals surface area contributed by atoms with E-state index in [1.165, 1.54) is 0 Å². The fourth-order valence-electron chi connectivity index (χ4n) is 2.35. The minimum absolute atomic E-state index is 0.104. The van der Waals surface area contributed by atoms with Crippen molar-refractivity contribution in [2.45, 2.75) is 39.5 Å². The molecule has 0 aliphatic heterocycles. The van der Waals surface area contributed by atoms with Crippen LogP contribution in [0.3, 0.4) is 0 Å². The highest BCUT2D eigenvalue weighted by atomic mass is 16.5. The van der Waals surface area contributed by atoms with Crippen LogP contribution in [0.2, 0.25) is 0 Å². The molecule has 0 heterocycles. The van der Waals surface area contributed by atoms with Crippen LogP contribution >= 0.6 is 0 Å². The van der Waals surface area contributed by atoms with Gasteiger partial charge in [0.2, 0.25) is 5.91 Å². The first kappa shape index (κ1) is 16.7. The highest BCUT2D eigenvalue weighted by molar-refractivity contribution is 5.80. The third kappa shape index (κ3) is 5.33. The number of carbonyl (C=O) groups is 2. The predicted octanol–water partition coefficient (Wildman–Crippen LogP) is 1.79. The SMILES string of the molecule is CCOC(=O)CCN(C)CC(=O)N(CC)C1=CCCC1. The summed E-state index contributed by atoms with van der Waals surface area (Å²) in [6.45, 7) is 5.77. The fraction of sp³-hybridized carbons (Fsp3) is 0.733. The average Bonchev–Trinajstić information content (AvgIpc) is 2.91. The van der Waals surface area contributed by atoms with Gasteiger partial charge in [0.05, 0.1) is 19.6 Å². The Bertz CT molecular complexity index is 366. The van der Waals surface area contributed by atoms with Gasteiger partial charge in [0.1, 0.15) is 0 Å². The maximum Gasteiger partial charge on any atom is 0.307 e.